The maximum atomic E-state index is 11.0. The van der Waals surface area contributed by atoms with E-state index in [1.54, 1.807) is 0 Å². The highest BCUT2D eigenvalue weighted by atomic mass is 16.3. The molecule has 1 unspecified atom stereocenters. The molecule has 0 radical (unpaired) electrons. The van der Waals surface area contributed by atoms with Crippen molar-refractivity contribution in [3.8, 4) is 0 Å². The molecule has 4 nitrogen and oxygen atoms in total. The van der Waals surface area contributed by atoms with Crippen LogP contribution in [-0.4, -0.2) is 10.9 Å². The lowest BCUT2D eigenvalue weighted by molar-refractivity contribution is -0.116. The lowest BCUT2D eigenvalue weighted by Crippen LogP contribution is -2.15. The van der Waals surface area contributed by atoms with Crippen LogP contribution in [0.4, 0.5) is 0 Å². The van der Waals surface area contributed by atoms with Crippen molar-refractivity contribution in [3.63, 3.8) is 0 Å². The lowest BCUT2D eigenvalue weighted by atomic mass is 9.92. The smallest absolute Gasteiger partial charge is 0.463 e. The second-order valence-electron chi connectivity index (χ2n) is 2.83. The van der Waals surface area contributed by atoms with Crippen molar-refractivity contribution >= 4 is 5.78 Å². The van der Waals surface area contributed by atoms with Gasteiger partial charge in [-0.1, -0.05) is 6.92 Å². The molecule has 1 aliphatic carbocycles. The minimum atomic E-state index is -0.288. The molecule has 0 spiro atoms. The number of diazo groups is 1. The van der Waals surface area contributed by atoms with Crippen LogP contribution in [0.15, 0.2) is 11.5 Å². The van der Waals surface area contributed by atoms with Gasteiger partial charge in [-0.05, 0) is 5.92 Å². The van der Waals surface area contributed by atoms with E-state index in [1.807, 2.05) is 6.92 Å². The number of hydrogen-bond acceptors (Lipinski definition) is 3. The SMILES string of the molecule is CC1CC(=O)C([N+]#N)=C(O)C1. The van der Waals surface area contributed by atoms with Crippen molar-refractivity contribution in [1.29, 1.82) is 5.39 Å². The normalized spacial score (nSPS) is 25.1. The maximum absolute atomic E-state index is 11.0. The van der Waals surface area contributed by atoms with Gasteiger partial charge in [-0.3, -0.25) is 4.79 Å². The number of allylic oxidation sites excluding steroid dienone is 2. The highest BCUT2D eigenvalue weighted by Crippen LogP contribution is 2.25. The molecule has 0 fully saturated rings. The summed E-state index contributed by atoms with van der Waals surface area (Å²) in [6.45, 7) is 1.86. The van der Waals surface area contributed by atoms with Gasteiger partial charge in [0.15, 0.2) is 10.7 Å². The van der Waals surface area contributed by atoms with Gasteiger partial charge >= 0.3 is 5.70 Å². The molecule has 0 bridgehead atoms. The van der Waals surface area contributed by atoms with E-state index in [-0.39, 0.29) is 23.2 Å². The third-order valence-electron chi connectivity index (χ3n) is 1.71. The molecule has 1 atom stereocenters. The maximum Gasteiger partial charge on any atom is 0.463 e. The van der Waals surface area contributed by atoms with Gasteiger partial charge in [-0.25, -0.2) is 0 Å². The summed E-state index contributed by atoms with van der Waals surface area (Å²) in [5, 5.41) is 17.4. The van der Waals surface area contributed by atoms with Crippen LogP contribution in [0.5, 0.6) is 0 Å². The van der Waals surface area contributed by atoms with Crippen molar-refractivity contribution in [2.24, 2.45) is 5.92 Å². The number of nitrogens with zero attached hydrogens (tertiary/aromatic N) is 2. The van der Waals surface area contributed by atoms with E-state index in [2.05, 4.69) is 4.98 Å². The average molecular weight is 153 g/mol. The topological polar surface area (TPSA) is 65.5 Å². The van der Waals surface area contributed by atoms with E-state index >= 15 is 0 Å². The van der Waals surface area contributed by atoms with Crippen molar-refractivity contribution in [1.82, 2.24) is 0 Å². The number of carbonyl (C=O) groups excluding carboxylic acids is 1. The second kappa shape index (κ2) is 2.70. The Balaban J connectivity index is 2.97. The molecule has 1 N–H and O–H groups in total. The molecule has 0 aliphatic heterocycles. The molecular formula is C7H9N2O2+. The van der Waals surface area contributed by atoms with Crippen LogP contribution in [-0.2, 0) is 4.79 Å². The average Bonchev–Trinajstić information content (AvgIpc) is 1.85. The minimum absolute atomic E-state index is 0.101. The molecule has 0 aromatic carbocycles. The highest BCUT2D eigenvalue weighted by molar-refractivity contribution is 5.98. The van der Waals surface area contributed by atoms with Crippen molar-refractivity contribution in [2.75, 3.05) is 0 Å². The number of aliphatic hydroxyl groups excluding tert-OH is 1. The van der Waals surface area contributed by atoms with Crippen LogP contribution in [0, 0.1) is 11.3 Å². The summed E-state index contributed by atoms with van der Waals surface area (Å²) in [6.07, 6.45) is 0.772. The molecule has 58 valence electrons. The van der Waals surface area contributed by atoms with Gasteiger partial charge in [0.25, 0.3) is 5.78 Å². The van der Waals surface area contributed by atoms with Gasteiger partial charge < -0.3 is 5.11 Å². The Morgan fingerprint density at radius 1 is 1.64 bits per heavy atom. The molecule has 11 heavy (non-hydrogen) atoms. The monoisotopic (exact) mass is 153 g/mol. The van der Waals surface area contributed by atoms with E-state index in [0.29, 0.717) is 12.8 Å². The van der Waals surface area contributed by atoms with Crippen molar-refractivity contribution in [2.45, 2.75) is 19.8 Å². The van der Waals surface area contributed by atoms with Crippen molar-refractivity contribution < 1.29 is 9.90 Å². The molecule has 0 heterocycles. The fourth-order valence-corrected chi connectivity index (χ4v) is 1.19. The van der Waals surface area contributed by atoms with Gasteiger partial charge in [0.1, 0.15) is 0 Å². The largest absolute Gasteiger partial charge is 0.505 e. The molecule has 0 aromatic rings. The Morgan fingerprint density at radius 2 is 2.27 bits per heavy atom. The van der Waals surface area contributed by atoms with Gasteiger partial charge in [-0.2, -0.15) is 0 Å². The number of aliphatic hydroxyl groups is 1. The fraction of sp³-hybridized carbons (Fsp3) is 0.571. The number of hydrogen-bond donors (Lipinski definition) is 1. The number of Topliss-reactive ketones (excluding diaryl/α,β-unsaturated/α-hetero) is 1. The van der Waals surface area contributed by atoms with Gasteiger partial charge in [-0.15, -0.1) is 0 Å². The Hall–Kier alpha value is -1.37. The van der Waals surface area contributed by atoms with Gasteiger partial charge in [0.2, 0.25) is 5.39 Å². The zero-order chi connectivity index (χ0) is 8.43. The first-order valence-corrected chi connectivity index (χ1v) is 3.45. The summed E-state index contributed by atoms with van der Waals surface area (Å²) in [7, 11) is 0. The summed E-state index contributed by atoms with van der Waals surface area (Å²) in [4.78, 5) is 13.7. The Kier molecular flexibility index (Phi) is 1.90. The van der Waals surface area contributed by atoms with Crippen LogP contribution in [0.3, 0.4) is 0 Å². The van der Waals surface area contributed by atoms with Gasteiger partial charge in [0, 0.05) is 12.8 Å². The zero-order valence-electron chi connectivity index (χ0n) is 6.24. The summed E-state index contributed by atoms with van der Waals surface area (Å²) >= 11 is 0. The van der Waals surface area contributed by atoms with E-state index in [1.165, 1.54) is 0 Å². The summed E-state index contributed by atoms with van der Waals surface area (Å²) in [5.74, 6) is -0.243. The minimum Gasteiger partial charge on any atom is -0.505 e. The number of ketones is 1. The molecule has 0 aromatic heterocycles. The highest BCUT2D eigenvalue weighted by Gasteiger charge is 2.34. The molecule has 1 rings (SSSR count). The molecule has 4 heteroatoms. The lowest BCUT2D eigenvalue weighted by Gasteiger charge is -2.10. The number of rotatable bonds is 0. The van der Waals surface area contributed by atoms with Crippen LogP contribution in [0.25, 0.3) is 4.98 Å². The van der Waals surface area contributed by atoms with E-state index in [9.17, 15) is 4.79 Å². The molecular weight excluding hydrogens is 144 g/mol. The van der Waals surface area contributed by atoms with E-state index in [4.69, 9.17) is 10.5 Å². The summed E-state index contributed by atoms with van der Waals surface area (Å²) in [5.41, 5.74) is -0.178. The Bertz CT molecular complexity index is 262. The number of carbonyl (C=O) groups is 1. The molecule has 0 saturated heterocycles. The van der Waals surface area contributed by atoms with Gasteiger partial charge in [0.05, 0.1) is 0 Å². The molecule has 0 amide bonds. The first kappa shape index (κ1) is 7.73. The zero-order valence-corrected chi connectivity index (χ0v) is 6.24. The first-order valence-electron chi connectivity index (χ1n) is 3.45. The second-order valence-corrected chi connectivity index (χ2v) is 2.83. The third-order valence-corrected chi connectivity index (χ3v) is 1.71. The van der Waals surface area contributed by atoms with Crippen LogP contribution in [0.2, 0.25) is 0 Å². The van der Waals surface area contributed by atoms with Crippen LogP contribution < -0.4 is 0 Å². The predicted molar refractivity (Wildman–Crippen MR) is 38.1 cm³/mol. The van der Waals surface area contributed by atoms with Crippen molar-refractivity contribution in [3.05, 3.63) is 16.4 Å². The Morgan fingerprint density at radius 3 is 2.73 bits per heavy atom. The fourth-order valence-electron chi connectivity index (χ4n) is 1.19. The predicted octanol–water partition coefficient (Wildman–Crippen LogP) is 1.61. The van der Waals surface area contributed by atoms with E-state index in [0.717, 1.165) is 0 Å². The third kappa shape index (κ3) is 1.37. The first-order chi connectivity index (χ1) is 5.15. The standard InChI is InChI=1S/C7H8N2O2/c1-4-2-5(10)7(9-8)6(11)3-4/h4H,2-3H2,1H3/p+1. The molecule has 0 saturated carbocycles. The Labute approximate surface area is 64.1 Å². The van der Waals surface area contributed by atoms with Crippen LogP contribution in [0.1, 0.15) is 19.8 Å². The summed E-state index contributed by atoms with van der Waals surface area (Å²) in [6, 6.07) is 0. The van der Waals surface area contributed by atoms with Crippen LogP contribution >= 0.6 is 0 Å². The quantitative estimate of drug-likeness (QED) is 0.537. The summed E-state index contributed by atoms with van der Waals surface area (Å²) < 4.78 is 0. The van der Waals surface area contributed by atoms with E-state index < -0.39 is 0 Å². The molecule has 1 aliphatic rings.